The summed E-state index contributed by atoms with van der Waals surface area (Å²) in [4.78, 5) is 16.0. The monoisotopic (exact) mass is 391 g/mol. The lowest BCUT2D eigenvalue weighted by atomic mass is 10.2. The highest BCUT2D eigenvalue weighted by Gasteiger charge is 2.20. The van der Waals surface area contributed by atoms with Gasteiger partial charge in [0.25, 0.3) is 0 Å². The molecule has 2 heterocycles. The molecule has 0 saturated heterocycles. The van der Waals surface area contributed by atoms with Crippen molar-refractivity contribution in [2.75, 3.05) is 19.6 Å². The van der Waals surface area contributed by atoms with E-state index in [0.717, 1.165) is 17.4 Å². The molecule has 8 nitrogen and oxygen atoms in total. The molecule has 1 N–H and O–H groups in total. The van der Waals surface area contributed by atoms with Crippen LogP contribution in [0.3, 0.4) is 0 Å². The van der Waals surface area contributed by atoms with Gasteiger partial charge in [-0.25, -0.2) is 8.42 Å². The number of nitrogens with one attached hydrogen (secondary N) is 1. The molecule has 0 fully saturated rings. The first-order chi connectivity index (χ1) is 12.9. The van der Waals surface area contributed by atoms with Crippen molar-refractivity contribution in [3.05, 3.63) is 53.9 Å². The largest absolute Gasteiger partial charge is 0.454 e. The van der Waals surface area contributed by atoms with Crippen molar-refractivity contribution in [3.63, 3.8) is 0 Å². The molecule has 1 amide bonds. The zero-order chi connectivity index (χ0) is 19.3. The van der Waals surface area contributed by atoms with Crippen LogP contribution in [-0.4, -0.2) is 43.2 Å². The number of hydrogen-bond donors (Lipinski definition) is 1. The van der Waals surface area contributed by atoms with Gasteiger partial charge in [0, 0.05) is 38.4 Å². The van der Waals surface area contributed by atoms with E-state index in [1.807, 2.05) is 6.07 Å². The normalized spacial score (nSPS) is 13.0. The number of fused-ring (bicyclic) bond motifs is 1. The molecule has 1 aromatic carbocycles. The van der Waals surface area contributed by atoms with E-state index in [0.29, 0.717) is 18.0 Å². The number of nitrogens with zero attached hydrogens (tertiary/aromatic N) is 2. The van der Waals surface area contributed by atoms with Crippen LogP contribution in [0.4, 0.5) is 0 Å². The number of rotatable bonds is 8. The molecule has 0 aliphatic carbocycles. The summed E-state index contributed by atoms with van der Waals surface area (Å²) in [5, 5.41) is 2.77. The number of pyridine rings is 1. The maximum absolute atomic E-state index is 12.1. The van der Waals surface area contributed by atoms with E-state index >= 15 is 0 Å². The highest BCUT2D eigenvalue weighted by molar-refractivity contribution is 7.88. The van der Waals surface area contributed by atoms with E-state index in [4.69, 9.17) is 9.47 Å². The van der Waals surface area contributed by atoms with Crippen molar-refractivity contribution in [1.29, 1.82) is 0 Å². The molecule has 1 aliphatic rings. The van der Waals surface area contributed by atoms with Crippen molar-refractivity contribution in [1.82, 2.24) is 14.6 Å². The summed E-state index contributed by atoms with van der Waals surface area (Å²) in [5.74, 6) is 1.01. The first-order valence-electron chi connectivity index (χ1n) is 8.41. The molecule has 9 heteroatoms. The zero-order valence-electron chi connectivity index (χ0n) is 14.9. The minimum Gasteiger partial charge on any atom is -0.454 e. The highest BCUT2D eigenvalue weighted by Crippen LogP contribution is 2.32. The van der Waals surface area contributed by atoms with Crippen LogP contribution in [0.25, 0.3) is 0 Å². The maximum atomic E-state index is 12.1. The fraction of sp³-hybridized carbons (Fsp3) is 0.333. The number of sulfonamides is 1. The van der Waals surface area contributed by atoms with E-state index in [1.165, 1.54) is 4.31 Å². The molecule has 3 rings (SSSR count). The average molecular weight is 391 g/mol. The summed E-state index contributed by atoms with van der Waals surface area (Å²) in [6.45, 7) is 0.761. The molecule has 0 saturated carbocycles. The molecule has 0 atom stereocenters. The van der Waals surface area contributed by atoms with Crippen LogP contribution in [0.5, 0.6) is 11.5 Å². The molecular weight excluding hydrogens is 370 g/mol. The molecule has 2 aromatic rings. The lowest BCUT2D eigenvalue weighted by molar-refractivity contribution is -0.121. The molecule has 0 bridgehead atoms. The Balaban J connectivity index is 1.56. The van der Waals surface area contributed by atoms with Crippen molar-refractivity contribution < 1.29 is 22.7 Å². The van der Waals surface area contributed by atoms with Crippen molar-refractivity contribution in [3.8, 4) is 11.5 Å². The second-order valence-corrected chi connectivity index (χ2v) is 8.15. The van der Waals surface area contributed by atoms with Gasteiger partial charge >= 0.3 is 0 Å². The third kappa shape index (κ3) is 5.41. The second-order valence-electron chi connectivity index (χ2n) is 6.17. The molecule has 1 aliphatic heterocycles. The van der Waals surface area contributed by atoms with Gasteiger partial charge in [-0.05, 0) is 29.3 Å². The summed E-state index contributed by atoms with van der Waals surface area (Å²) >= 11 is 0. The summed E-state index contributed by atoms with van der Waals surface area (Å²) in [5.41, 5.74) is 1.65. The molecule has 0 spiro atoms. The van der Waals surface area contributed by atoms with Crippen LogP contribution < -0.4 is 14.8 Å². The molecule has 0 radical (unpaired) electrons. The Hall–Kier alpha value is -2.65. The van der Waals surface area contributed by atoms with Crippen LogP contribution in [0.1, 0.15) is 17.5 Å². The Bertz CT molecular complexity index is 902. The van der Waals surface area contributed by atoms with Gasteiger partial charge in [0.15, 0.2) is 11.5 Å². The zero-order valence-corrected chi connectivity index (χ0v) is 15.7. The van der Waals surface area contributed by atoms with Gasteiger partial charge in [0.05, 0.1) is 6.26 Å². The lowest BCUT2D eigenvalue weighted by Gasteiger charge is -2.20. The topological polar surface area (TPSA) is 97.8 Å². The van der Waals surface area contributed by atoms with Crippen LogP contribution in [-0.2, 0) is 27.9 Å². The molecule has 0 unspecified atom stereocenters. The average Bonchev–Trinajstić information content (AvgIpc) is 3.11. The quantitative estimate of drug-likeness (QED) is 0.728. The fourth-order valence-corrected chi connectivity index (χ4v) is 3.43. The minimum atomic E-state index is -3.47. The van der Waals surface area contributed by atoms with E-state index in [9.17, 15) is 13.2 Å². The smallest absolute Gasteiger partial charge is 0.231 e. The van der Waals surface area contributed by atoms with Crippen LogP contribution in [0.2, 0.25) is 0 Å². The summed E-state index contributed by atoms with van der Waals surface area (Å²) in [6.07, 6.45) is 4.53. The first kappa shape index (κ1) is 19.1. The standard InChI is InChI=1S/C18H21N3O5S/c1-27(23,24)21(12-14-4-5-16-17(9-14)26-13-25-16)8-6-18(22)20-11-15-3-2-7-19-10-15/h2-5,7,9-10H,6,8,11-13H2,1H3,(H,20,22). The Morgan fingerprint density at radius 2 is 2.04 bits per heavy atom. The Labute approximate surface area is 158 Å². The van der Waals surface area contributed by atoms with E-state index in [2.05, 4.69) is 10.3 Å². The third-order valence-corrected chi connectivity index (χ3v) is 5.32. The van der Waals surface area contributed by atoms with E-state index in [-0.39, 0.29) is 32.2 Å². The van der Waals surface area contributed by atoms with Crippen molar-refractivity contribution >= 4 is 15.9 Å². The van der Waals surface area contributed by atoms with Gasteiger partial charge < -0.3 is 14.8 Å². The third-order valence-electron chi connectivity index (χ3n) is 4.07. The predicted octanol–water partition coefficient (Wildman–Crippen LogP) is 1.28. The molecule has 144 valence electrons. The van der Waals surface area contributed by atoms with Crippen molar-refractivity contribution in [2.24, 2.45) is 0 Å². The summed E-state index contributed by atoms with van der Waals surface area (Å²) in [6, 6.07) is 8.93. The van der Waals surface area contributed by atoms with Gasteiger partial charge in [-0.3, -0.25) is 9.78 Å². The molecular formula is C18H21N3O5S. The molecule has 27 heavy (non-hydrogen) atoms. The van der Waals surface area contributed by atoms with Gasteiger partial charge in [-0.2, -0.15) is 4.31 Å². The fourth-order valence-electron chi connectivity index (χ4n) is 2.62. The van der Waals surface area contributed by atoms with Crippen LogP contribution in [0, 0.1) is 0 Å². The van der Waals surface area contributed by atoms with Gasteiger partial charge in [-0.15, -0.1) is 0 Å². The van der Waals surface area contributed by atoms with Gasteiger partial charge in [-0.1, -0.05) is 12.1 Å². The van der Waals surface area contributed by atoms with Gasteiger partial charge in [0.1, 0.15) is 0 Å². The van der Waals surface area contributed by atoms with Crippen molar-refractivity contribution in [2.45, 2.75) is 19.5 Å². The Kier molecular flexibility index (Phi) is 5.92. The number of carbonyl (C=O) groups is 1. The predicted molar refractivity (Wildman–Crippen MR) is 98.5 cm³/mol. The number of aromatic nitrogens is 1. The Morgan fingerprint density at radius 1 is 1.22 bits per heavy atom. The molecule has 1 aromatic heterocycles. The number of ether oxygens (including phenoxy) is 2. The van der Waals surface area contributed by atoms with E-state index in [1.54, 1.807) is 36.7 Å². The highest BCUT2D eigenvalue weighted by atomic mass is 32.2. The number of amides is 1. The van der Waals surface area contributed by atoms with Gasteiger partial charge in [0.2, 0.25) is 22.7 Å². The first-order valence-corrected chi connectivity index (χ1v) is 10.3. The SMILES string of the molecule is CS(=O)(=O)N(CCC(=O)NCc1cccnc1)Cc1ccc2c(c1)OCO2. The number of benzene rings is 1. The van der Waals surface area contributed by atoms with Crippen LogP contribution in [0.15, 0.2) is 42.7 Å². The minimum absolute atomic E-state index is 0.0673. The Morgan fingerprint density at radius 3 is 2.78 bits per heavy atom. The summed E-state index contributed by atoms with van der Waals surface area (Å²) in [7, 11) is -3.47. The summed E-state index contributed by atoms with van der Waals surface area (Å²) < 4.78 is 36.0. The van der Waals surface area contributed by atoms with E-state index < -0.39 is 10.0 Å². The lowest BCUT2D eigenvalue weighted by Crippen LogP contribution is -2.34. The number of carbonyl (C=O) groups excluding carboxylic acids is 1. The number of hydrogen-bond acceptors (Lipinski definition) is 6. The van der Waals surface area contributed by atoms with Crippen LogP contribution >= 0.6 is 0 Å². The maximum Gasteiger partial charge on any atom is 0.231 e. The second kappa shape index (κ2) is 8.36.